The fourth-order valence-electron chi connectivity index (χ4n) is 4.08. The first-order chi connectivity index (χ1) is 15.1. The molecule has 1 aromatic carbocycles. The zero-order valence-electron chi connectivity index (χ0n) is 19.3. The van der Waals surface area contributed by atoms with Crippen molar-refractivity contribution in [1.82, 2.24) is 15.0 Å². The van der Waals surface area contributed by atoms with Crippen LogP contribution in [0, 0.1) is 5.92 Å². The summed E-state index contributed by atoms with van der Waals surface area (Å²) >= 11 is 1.61. The number of nitrogens with one attached hydrogen (secondary N) is 1. The van der Waals surface area contributed by atoms with Crippen molar-refractivity contribution in [2.45, 2.75) is 65.3 Å². The van der Waals surface area contributed by atoms with Crippen molar-refractivity contribution in [1.29, 1.82) is 0 Å². The summed E-state index contributed by atoms with van der Waals surface area (Å²) in [6, 6.07) is 7.37. The molecular formula is C25H30N4O2S. The van der Waals surface area contributed by atoms with Gasteiger partial charge in [-0.25, -0.2) is 10.4 Å². The molecule has 6 nitrogen and oxygen atoms in total. The molecular weight excluding hydrogens is 420 g/mol. The second kappa shape index (κ2) is 8.62. The monoisotopic (exact) mass is 450 g/mol. The third-order valence-electron chi connectivity index (χ3n) is 6.20. The van der Waals surface area contributed by atoms with Gasteiger partial charge in [-0.2, -0.15) is 5.10 Å². The van der Waals surface area contributed by atoms with Crippen LogP contribution in [-0.2, 0) is 23.1 Å². The van der Waals surface area contributed by atoms with Gasteiger partial charge in [-0.1, -0.05) is 52.0 Å². The number of aryl methyl sites for hydroxylation is 1. The topological polar surface area (TPSA) is 76.3 Å². The van der Waals surface area contributed by atoms with Gasteiger partial charge in [0.05, 0.1) is 17.9 Å². The van der Waals surface area contributed by atoms with E-state index < -0.39 is 6.04 Å². The largest absolute Gasteiger partial charge is 0.286 e. The number of amides is 1. The van der Waals surface area contributed by atoms with Gasteiger partial charge < -0.3 is 0 Å². The maximum atomic E-state index is 13.2. The summed E-state index contributed by atoms with van der Waals surface area (Å²) in [6.45, 7) is 10.4. The van der Waals surface area contributed by atoms with Crippen molar-refractivity contribution >= 4 is 33.7 Å². The third-order valence-corrected chi connectivity index (χ3v) is 7.36. The Hall–Kier alpha value is -2.80. The summed E-state index contributed by atoms with van der Waals surface area (Å²) in [4.78, 5) is 32.4. The van der Waals surface area contributed by atoms with Crippen molar-refractivity contribution in [3.05, 3.63) is 62.5 Å². The van der Waals surface area contributed by atoms with Gasteiger partial charge in [-0.3, -0.25) is 14.2 Å². The van der Waals surface area contributed by atoms with E-state index >= 15 is 0 Å². The number of hydrogen-bond acceptors (Lipinski definition) is 5. The van der Waals surface area contributed by atoms with Gasteiger partial charge in [0.25, 0.3) is 11.5 Å². The minimum atomic E-state index is -0.710. The van der Waals surface area contributed by atoms with Crippen LogP contribution in [0.4, 0.5) is 0 Å². The van der Waals surface area contributed by atoms with Crippen LogP contribution in [0.25, 0.3) is 10.2 Å². The molecule has 0 radical (unpaired) electrons. The standard InChI is InChI=1S/C25H30N4O2S/c1-15-6-11-19-20(12-15)32-23-21(19)24(31)29(14-26-23)16(2)22(30)28-27-13-17-7-9-18(10-8-17)25(3,4)5/h7-10,13-16H,6,11-12H2,1-5H3,(H,28,30)/t15-,16-/m0/s1. The molecule has 32 heavy (non-hydrogen) atoms. The number of rotatable bonds is 4. The average Bonchev–Trinajstić information content (AvgIpc) is 3.11. The Morgan fingerprint density at radius 1 is 1.31 bits per heavy atom. The minimum absolute atomic E-state index is 0.0850. The average molecular weight is 451 g/mol. The lowest BCUT2D eigenvalue weighted by atomic mass is 9.87. The molecule has 0 aliphatic heterocycles. The summed E-state index contributed by atoms with van der Waals surface area (Å²) in [5.74, 6) is 0.276. The van der Waals surface area contributed by atoms with Crippen molar-refractivity contribution in [3.63, 3.8) is 0 Å². The SMILES string of the molecule is C[C@H]1CCc2c(sc3ncn([C@@H](C)C(=O)NN=Cc4ccc(C(C)(C)C)cc4)c(=O)c23)C1. The van der Waals surface area contributed by atoms with Crippen LogP contribution in [0.15, 0.2) is 40.5 Å². The Morgan fingerprint density at radius 3 is 2.72 bits per heavy atom. The van der Waals surface area contributed by atoms with Gasteiger partial charge >= 0.3 is 0 Å². The van der Waals surface area contributed by atoms with E-state index in [-0.39, 0.29) is 16.9 Å². The summed E-state index contributed by atoms with van der Waals surface area (Å²) in [7, 11) is 0. The molecule has 0 unspecified atom stereocenters. The van der Waals surface area contributed by atoms with E-state index in [2.05, 4.69) is 55.3 Å². The van der Waals surface area contributed by atoms with Gasteiger partial charge in [-0.05, 0) is 54.2 Å². The quantitative estimate of drug-likeness (QED) is 0.466. The summed E-state index contributed by atoms with van der Waals surface area (Å²) < 4.78 is 1.41. The Labute approximate surface area is 192 Å². The zero-order chi connectivity index (χ0) is 23.0. The fourth-order valence-corrected chi connectivity index (χ4v) is 5.42. The first-order valence-electron chi connectivity index (χ1n) is 11.1. The molecule has 168 valence electrons. The van der Waals surface area contributed by atoms with Crippen LogP contribution in [0.2, 0.25) is 0 Å². The lowest BCUT2D eigenvalue weighted by Crippen LogP contribution is -2.34. The van der Waals surface area contributed by atoms with E-state index in [1.54, 1.807) is 24.5 Å². The zero-order valence-corrected chi connectivity index (χ0v) is 20.1. The van der Waals surface area contributed by atoms with Gasteiger partial charge in [-0.15, -0.1) is 11.3 Å². The molecule has 7 heteroatoms. The van der Waals surface area contributed by atoms with Gasteiger partial charge in [0.1, 0.15) is 10.9 Å². The highest BCUT2D eigenvalue weighted by Gasteiger charge is 2.25. The van der Waals surface area contributed by atoms with Gasteiger partial charge in [0, 0.05) is 4.88 Å². The van der Waals surface area contributed by atoms with Gasteiger partial charge in [0.15, 0.2) is 0 Å². The van der Waals surface area contributed by atoms with E-state index in [1.165, 1.54) is 21.3 Å². The number of thiophene rings is 1. The van der Waals surface area contributed by atoms with Crippen LogP contribution < -0.4 is 11.0 Å². The molecule has 1 amide bonds. The third kappa shape index (κ3) is 4.39. The normalized spacial score (nSPS) is 17.5. The van der Waals surface area contributed by atoms with Crippen LogP contribution in [-0.4, -0.2) is 21.7 Å². The Bertz CT molecular complexity index is 1230. The second-order valence-corrected chi connectivity index (χ2v) is 10.9. The van der Waals surface area contributed by atoms with Crippen LogP contribution in [0.1, 0.15) is 68.6 Å². The molecule has 0 bridgehead atoms. The molecule has 0 spiro atoms. The van der Waals surface area contributed by atoms with Crippen molar-refractivity contribution in [2.75, 3.05) is 0 Å². The van der Waals surface area contributed by atoms with E-state index in [0.29, 0.717) is 11.3 Å². The number of aromatic nitrogens is 2. The first-order valence-corrected chi connectivity index (χ1v) is 11.9. The molecule has 2 atom stereocenters. The van der Waals surface area contributed by atoms with E-state index in [0.717, 1.165) is 35.2 Å². The van der Waals surface area contributed by atoms with E-state index in [1.807, 2.05) is 12.1 Å². The number of hydrogen-bond donors (Lipinski definition) is 1. The van der Waals surface area contributed by atoms with Crippen molar-refractivity contribution in [3.8, 4) is 0 Å². The molecule has 1 aliphatic carbocycles. The maximum absolute atomic E-state index is 13.2. The van der Waals surface area contributed by atoms with Crippen LogP contribution >= 0.6 is 11.3 Å². The predicted octanol–water partition coefficient (Wildman–Crippen LogP) is 4.59. The smallest absolute Gasteiger partial charge is 0.263 e. The van der Waals surface area contributed by atoms with Crippen molar-refractivity contribution < 1.29 is 4.79 Å². The number of fused-ring (bicyclic) bond motifs is 3. The van der Waals surface area contributed by atoms with E-state index in [4.69, 9.17) is 0 Å². The number of benzene rings is 1. The van der Waals surface area contributed by atoms with Crippen LogP contribution in [0.5, 0.6) is 0 Å². The maximum Gasteiger partial charge on any atom is 0.263 e. The molecule has 4 rings (SSSR count). The highest BCUT2D eigenvalue weighted by molar-refractivity contribution is 7.18. The molecule has 1 N–H and O–H groups in total. The first kappa shape index (κ1) is 22.4. The number of carbonyl (C=O) groups excluding carboxylic acids is 1. The second-order valence-electron chi connectivity index (χ2n) is 9.77. The Balaban J connectivity index is 1.50. The fraction of sp³-hybridized carbons (Fsp3) is 0.440. The Morgan fingerprint density at radius 2 is 2.03 bits per heavy atom. The number of hydrazone groups is 1. The predicted molar refractivity (Wildman–Crippen MR) is 131 cm³/mol. The molecule has 1 aliphatic rings. The van der Waals surface area contributed by atoms with E-state index in [9.17, 15) is 9.59 Å². The molecule has 3 aromatic rings. The Kier molecular flexibility index (Phi) is 6.03. The molecule has 0 saturated carbocycles. The minimum Gasteiger partial charge on any atom is -0.286 e. The highest BCUT2D eigenvalue weighted by atomic mass is 32.1. The summed E-state index contributed by atoms with van der Waals surface area (Å²) in [6.07, 6.45) is 6.06. The number of nitrogens with zero attached hydrogens (tertiary/aromatic N) is 3. The number of carbonyl (C=O) groups is 1. The lowest BCUT2D eigenvalue weighted by Gasteiger charge is -2.18. The summed E-state index contributed by atoms with van der Waals surface area (Å²) in [5, 5.41) is 4.76. The van der Waals surface area contributed by atoms with Gasteiger partial charge in [0.2, 0.25) is 0 Å². The molecule has 2 aromatic heterocycles. The van der Waals surface area contributed by atoms with Crippen molar-refractivity contribution in [2.24, 2.45) is 11.0 Å². The molecule has 0 fully saturated rings. The molecule has 2 heterocycles. The van der Waals surface area contributed by atoms with Crippen LogP contribution in [0.3, 0.4) is 0 Å². The highest BCUT2D eigenvalue weighted by Crippen LogP contribution is 2.35. The summed E-state index contributed by atoms with van der Waals surface area (Å²) in [5.41, 5.74) is 5.75. The molecule has 0 saturated heterocycles. The lowest BCUT2D eigenvalue weighted by molar-refractivity contribution is -0.123.